The highest BCUT2D eigenvalue weighted by Crippen LogP contribution is 2.28. The van der Waals surface area contributed by atoms with Gasteiger partial charge in [-0.3, -0.25) is 0 Å². The van der Waals surface area contributed by atoms with Crippen LogP contribution in [0, 0.1) is 0 Å². The van der Waals surface area contributed by atoms with Crippen LogP contribution >= 0.6 is 0 Å². The van der Waals surface area contributed by atoms with Crippen LogP contribution in [0.15, 0.2) is 48.5 Å². The molecule has 3 heteroatoms. The van der Waals surface area contributed by atoms with Gasteiger partial charge in [0.05, 0.1) is 13.7 Å². The summed E-state index contributed by atoms with van der Waals surface area (Å²) >= 11 is 0. The first kappa shape index (κ1) is 16.4. The van der Waals surface area contributed by atoms with E-state index in [9.17, 15) is 0 Å². The average Bonchev–Trinajstić information content (AvgIpc) is 2.58. The Balaban J connectivity index is 1.98. The van der Waals surface area contributed by atoms with Crippen molar-refractivity contribution in [3.05, 3.63) is 59.7 Å². The van der Waals surface area contributed by atoms with Crippen molar-refractivity contribution in [2.24, 2.45) is 0 Å². The van der Waals surface area contributed by atoms with Gasteiger partial charge < -0.3 is 14.8 Å². The van der Waals surface area contributed by atoms with Crippen LogP contribution in [0.2, 0.25) is 0 Å². The smallest absolute Gasteiger partial charge is 0.161 e. The first-order valence-corrected chi connectivity index (χ1v) is 7.82. The summed E-state index contributed by atoms with van der Waals surface area (Å²) in [5, 5.41) is 3.53. The average molecular weight is 299 g/mol. The molecule has 2 aromatic carbocycles. The summed E-state index contributed by atoms with van der Waals surface area (Å²) < 4.78 is 11.1. The molecule has 0 fully saturated rings. The molecule has 3 nitrogen and oxygen atoms in total. The molecule has 0 aliphatic carbocycles. The molecule has 1 unspecified atom stereocenters. The van der Waals surface area contributed by atoms with Gasteiger partial charge in [-0.15, -0.1) is 0 Å². The Hall–Kier alpha value is -2.00. The summed E-state index contributed by atoms with van der Waals surface area (Å²) in [6.07, 6.45) is 0.987. The molecule has 0 saturated heterocycles. The van der Waals surface area contributed by atoms with Gasteiger partial charge in [-0.25, -0.2) is 0 Å². The molecule has 0 aromatic heterocycles. The quantitative estimate of drug-likeness (QED) is 0.786. The van der Waals surface area contributed by atoms with E-state index >= 15 is 0 Å². The second-order valence-electron chi connectivity index (χ2n) is 5.35. The van der Waals surface area contributed by atoms with Gasteiger partial charge in [0.1, 0.15) is 0 Å². The lowest BCUT2D eigenvalue weighted by molar-refractivity contribution is 0.294. The molecule has 0 radical (unpaired) electrons. The summed E-state index contributed by atoms with van der Waals surface area (Å²) in [6.45, 7) is 5.76. The fourth-order valence-corrected chi connectivity index (χ4v) is 2.28. The summed E-state index contributed by atoms with van der Waals surface area (Å²) in [5.74, 6) is 1.60. The van der Waals surface area contributed by atoms with Crippen molar-refractivity contribution in [2.75, 3.05) is 13.7 Å². The summed E-state index contributed by atoms with van der Waals surface area (Å²) in [5.41, 5.74) is 2.47. The predicted octanol–water partition coefficient (Wildman–Crippen LogP) is 4.33. The third-order valence-electron chi connectivity index (χ3n) is 3.60. The van der Waals surface area contributed by atoms with Crippen LogP contribution in [-0.4, -0.2) is 13.7 Å². The van der Waals surface area contributed by atoms with E-state index in [0.29, 0.717) is 12.6 Å². The highest BCUT2D eigenvalue weighted by molar-refractivity contribution is 5.43. The van der Waals surface area contributed by atoms with Crippen molar-refractivity contribution in [1.29, 1.82) is 0 Å². The second-order valence-corrected chi connectivity index (χ2v) is 5.35. The minimum atomic E-state index is 0.309. The van der Waals surface area contributed by atoms with Crippen molar-refractivity contribution in [3.63, 3.8) is 0 Å². The normalized spacial score (nSPS) is 12.0. The number of nitrogens with one attached hydrogen (secondary N) is 1. The second kappa shape index (κ2) is 8.44. The summed E-state index contributed by atoms with van der Waals surface area (Å²) in [4.78, 5) is 0. The van der Waals surface area contributed by atoms with Gasteiger partial charge >= 0.3 is 0 Å². The SMILES string of the molecule is CCCOc1ccc(CNC(C)c2ccccc2)cc1OC. The van der Waals surface area contributed by atoms with Crippen LogP contribution in [0.3, 0.4) is 0 Å². The van der Waals surface area contributed by atoms with Crippen LogP contribution in [0.25, 0.3) is 0 Å². The molecule has 0 aliphatic rings. The molecule has 0 spiro atoms. The minimum Gasteiger partial charge on any atom is -0.493 e. The Morgan fingerprint density at radius 1 is 1.05 bits per heavy atom. The number of rotatable bonds is 8. The molecule has 22 heavy (non-hydrogen) atoms. The fraction of sp³-hybridized carbons (Fsp3) is 0.368. The van der Waals surface area contributed by atoms with Crippen LogP contribution in [0.1, 0.15) is 37.4 Å². The number of ether oxygens (including phenoxy) is 2. The molecule has 2 rings (SSSR count). The standard InChI is InChI=1S/C19H25NO2/c1-4-12-22-18-11-10-16(13-19(18)21-3)14-20-15(2)17-8-6-5-7-9-17/h5-11,13,15,20H,4,12,14H2,1-3H3. The molecule has 0 saturated carbocycles. The van der Waals surface area contributed by atoms with E-state index in [0.717, 1.165) is 24.5 Å². The highest BCUT2D eigenvalue weighted by atomic mass is 16.5. The molecule has 0 heterocycles. The van der Waals surface area contributed by atoms with E-state index < -0.39 is 0 Å². The molecule has 1 atom stereocenters. The Morgan fingerprint density at radius 3 is 2.50 bits per heavy atom. The number of benzene rings is 2. The van der Waals surface area contributed by atoms with E-state index in [-0.39, 0.29) is 0 Å². The minimum absolute atomic E-state index is 0.309. The maximum Gasteiger partial charge on any atom is 0.161 e. The van der Waals surface area contributed by atoms with Crippen molar-refractivity contribution >= 4 is 0 Å². The first-order chi connectivity index (χ1) is 10.7. The van der Waals surface area contributed by atoms with E-state index in [1.807, 2.05) is 18.2 Å². The number of methoxy groups -OCH3 is 1. The lowest BCUT2D eigenvalue weighted by Crippen LogP contribution is -2.18. The lowest BCUT2D eigenvalue weighted by Gasteiger charge is -2.16. The van der Waals surface area contributed by atoms with Gasteiger partial charge in [0.25, 0.3) is 0 Å². The number of hydrogen-bond acceptors (Lipinski definition) is 3. The van der Waals surface area contributed by atoms with Gasteiger partial charge in [-0.2, -0.15) is 0 Å². The van der Waals surface area contributed by atoms with Crippen LogP contribution in [-0.2, 0) is 6.54 Å². The van der Waals surface area contributed by atoms with E-state index in [4.69, 9.17) is 9.47 Å². The first-order valence-electron chi connectivity index (χ1n) is 7.82. The van der Waals surface area contributed by atoms with E-state index in [1.54, 1.807) is 7.11 Å². The monoisotopic (exact) mass is 299 g/mol. The molecule has 2 aromatic rings. The lowest BCUT2D eigenvalue weighted by atomic mass is 10.1. The van der Waals surface area contributed by atoms with Crippen molar-refractivity contribution < 1.29 is 9.47 Å². The van der Waals surface area contributed by atoms with Crippen LogP contribution < -0.4 is 14.8 Å². The Labute approximate surface area is 133 Å². The molecule has 118 valence electrons. The maximum atomic E-state index is 5.68. The Kier molecular flexibility index (Phi) is 6.28. The Bertz CT molecular complexity index is 569. The van der Waals surface area contributed by atoms with Gasteiger partial charge in [0, 0.05) is 12.6 Å². The topological polar surface area (TPSA) is 30.5 Å². The molecule has 0 amide bonds. The third-order valence-corrected chi connectivity index (χ3v) is 3.60. The number of hydrogen-bond donors (Lipinski definition) is 1. The van der Waals surface area contributed by atoms with Crippen LogP contribution in [0.4, 0.5) is 0 Å². The molecule has 0 bridgehead atoms. The largest absolute Gasteiger partial charge is 0.493 e. The van der Waals surface area contributed by atoms with E-state index in [1.165, 1.54) is 11.1 Å². The van der Waals surface area contributed by atoms with Crippen molar-refractivity contribution in [1.82, 2.24) is 5.32 Å². The van der Waals surface area contributed by atoms with Gasteiger partial charge in [-0.1, -0.05) is 43.3 Å². The highest BCUT2D eigenvalue weighted by Gasteiger charge is 2.08. The van der Waals surface area contributed by atoms with Gasteiger partial charge in [0.2, 0.25) is 0 Å². The fourth-order valence-electron chi connectivity index (χ4n) is 2.28. The van der Waals surface area contributed by atoms with Gasteiger partial charge in [0.15, 0.2) is 11.5 Å². The van der Waals surface area contributed by atoms with Crippen LogP contribution in [0.5, 0.6) is 11.5 Å². The van der Waals surface area contributed by atoms with Crippen molar-refractivity contribution in [2.45, 2.75) is 32.9 Å². The summed E-state index contributed by atoms with van der Waals surface area (Å²) in [6, 6.07) is 16.9. The molecular formula is C19H25NO2. The Morgan fingerprint density at radius 2 is 1.82 bits per heavy atom. The van der Waals surface area contributed by atoms with E-state index in [2.05, 4.69) is 49.5 Å². The third kappa shape index (κ3) is 4.50. The zero-order valence-corrected chi connectivity index (χ0v) is 13.6. The maximum absolute atomic E-state index is 5.68. The predicted molar refractivity (Wildman–Crippen MR) is 90.5 cm³/mol. The van der Waals surface area contributed by atoms with Gasteiger partial charge in [-0.05, 0) is 36.6 Å². The van der Waals surface area contributed by atoms with Crippen molar-refractivity contribution in [3.8, 4) is 11.5 Å². The molecule has 1 N–H and O–H groups in total. The molecular weight excluding hydrogens is 274 g/mol. The zero-order valence-electron chi connectivity index (χ0n) is 13.6. The molecule has 0 aliphatic heterocycles. The summed E-state index contributed by atoms with van der Waals surface area (Å²) in [7, 11) is 1.68. The zero-order chi connectivity index (χ0) is 15.8.